The molecule has 0 saturated heterocycles. The average Bonchev–Trinajstić information content (AvgIpc) is 3.42. The zero-order chi connectivity index (χ0) is 52.2. The number of anilines is 3. The quantitative estimate of drug-likeness (QED) is 0.0415. The molecule has 0 radical (unpaired) electrons. The van der Waals surface area contributed by atoms with Gasteiger partial charge in [-0.2, -0.15) is 0 Å². The van der Waals surface area contributed by atoms with Crippen LogP contribution in [0.15, 0.2) is 78.9 Å². The van der Waals surface area contributed by atoms with Crippen LogP contribution in [0.4, 0.5) is 17.1 Å². The van der Waals surface area contributed by atoms with Crippen LogP contribution in [0.2, 0.25) is 0 Å². The molecule has 0 aliphatic rings. The third-order valence-corrected chi connectivity index (χ3v) is 26.3. The van der Waals surface area contributed by atoms with E-state index in [-0.39, 0.29) is 0 Å². The van der Waals surface area contributed by atoms with Crippen LogP contribution in [0.25, 0.3) is 0 Å². The lowest BCUT2D eigenvalue weighted by Gasteiger charge is -2.28. The fourth-order valence-electron chi connectivity index (χ4n) is 11.5. The zero-order valence-corrected chi connectivity index (χ0v) is 51.1. The van der Waals surface area contributed by atoms with Gasteiger partial charge in [-0.25, -0.2) is 0 Å². The summed E-state index contributed by atoms with van der Waals surface area (Å²) >= 11 is 0. The Bertz CT molecular complexity index is 1480. The standard InChI is InChI=1S/C68H119NO2P2/c1-7-13-19-34-54-72(55-35-20-14-8-2,56-36-21-15-9-3)60-40-27-25-32-52-70-62-64-44-48-67(49-45-64)69(66-42-30-29-31-43-66)68-50-46-65(47-51-68)63-71-53-33-26-28-41-61-73(57-37-22-16-10-4,58-38-23-17-11-5)59-39-24-18-12-6/h29-31,42-51H,7-28,32-41,52-63H2,1-6H3/q+2. The molecule has 0 fully saturated rings. The van der Waals surface area contributed by atoms with Crippen LogP contribution in [-0.4, -0.2) is 62.5 Å². The topological polar surface area (TPSA) is 21.7 Å². The van der Waals surface area contributed by atoms with E-state index in [0.717, 1.165) is 13.2 Å². The molecule has 0 bridgehead atoms. The number of ether oxygens (including phenoxy) is 2. The van der Waals surface area contributed by atoms with E-state index in [1.54, 1.807) is 49.3 Å². The lowest BCUT2D eigenvalue weighted by Crippen LogP contribution is -2.13. The van der Waals surface area contributed by atoms with Gasteiger partial charge in [-0.1, -0.05) is 174 Å². The second-order valence-electron chi connectivity index (χ2n) is 22.8. The lowest BCUT2D eigenvalue weighted by atomic mass is 10.1. The van der Waals surface area contributed by atoms with Crippen LogP contribution in [0, 0.1) is 0 Å². The van der Waals surface area contributed by atoms with E-state index in [2.05, 4.69) is 125 Å². The Kier molecular flexibility index (Phi) is 39.7. The summed E-state index contributed by atoms with van der Waals surface area (Å²) < 4.78 is 12.6. The van der Waals surface area contributed by atoms with Crippen LogP contribution in [0.1, 0.15) is 258 Å². The van der Waals surface area contributed by atoms with Gasteiger partial charge in [0.15, 0.2) is 0 Å². The summed E-state index contributed by atoms with van der Waals surface area (Å²) in [7, 11) is -1.67. The fraction of sp³-hybridized carbons (Fsp3) is 0.735. The van der Waals surface area contributed by atoms with Crippen molar-refractivity contribution in [2.24, 2.45) is 0 Å². The number of hydrogen-bond donors (Lipinski definition) is 0. The maximum absolute atomic E-state index is 6.29. The first-order valence-electron chi connectivity index (χ1n) is 31.9. The smallest absolute Gasteiger partial charge is 0.0716 e. The molecule has 0 spiro atoms. The molecule has 0 heterocycles. The minimum atomic E-state index is -0.834. The maximum atomic E-state index is 6.29. The van der Waals surface area contributed by atoms with E-state index in [1.807, 2.05) is 0 Å². The van der Waals surface area contributed by atoms with Gasteiger partial charge in [-0.3, -0.25) is 0 Å². The van der Waals surface area contributed by atoms with Gasteiger partial charge in [-0.15, -0.1) is 0 Å². The molecule has 0 aromatic heterocycles. The summed E-state index contributed by atoms with van der Waals surface area (Å²) in [6.45, 7) is 17.2. The Morgan fingerprint density at radius 2 is 0.521 bits per heavy atom. The highest BCUT2D eigenvalue weighted by Gasteiger charge is 2.36. The number of rotatable bonds is 51. The number of hydrogen-bond acceptors (Lipinski definition) is 3. The summed E-state index contributed by atoms with van der Waals surface area (Å²) in [6.07, 6.45) is 57.5. The van der Waals surface area contributed by atoms with Crippen molar-refractivity contribution in [3.8, 4) is 0 Å². The van der Waals surface area contributed by atoms with E-state index < -0.39 is 14.5 Å². The molecule has 0 atom stereocenters. The van der Waals surface area contributed by atoms with Crippen LogP contribution in [0.5, 0.6) is 0 Å². The predicted octanol–water partition coefficient (Wildman–Crippen LogP) is 22.8. The molecular weight excluding hydrogens is 925 g/mol. The van der Waals surface area contributed by atoms with Gasteiger partial charge in [0.25, 0.3) is 0 Å². The molecule has 0 aliphatic carbocycles. The van der Waals surface area contributed by atoms with Crippen LogP contribution in [0.3, 0.4) is 0 Å². The largest absolute Gasteiger partial charge is 0.377 e. The van der Waals surface area contributed by atoms with Gasteiger partial charge >= 0.3 is 0 Å². The summed E-state index contributed by atoms with van der Waals surface area (Å²) in [5.41, 5.74) is 6.00. The van der Waals surface area contributed by atoms with E-state index in [0.29, 0.717) is 13.2 Å². The average molecular weight is 1040 g/mol. The van der Waals surface area contributed by atoms with E-state index >= 15 is 0 Å². The van der Waals surface area contributed by atoms with Crippen LogP contribution < -0.4 is 4.90 Å². The summed E-state index contributed by atoms with van der Waals surface area (Å²) in [5.74, 6) is 0. The minimum Gasteiger partial charge on any atom is -0.377 e. The first-order valence-corrected chi connectivity index (χ1v) is 36.9. The summed E-state index contributed by atoms with van der Waals surface area (Å²) in [6, 6.07) is 28.9. The fourth-order valence-corrected chi connectivity index (χ4v) is 21.3. The van der Waals surface area contributed by atoms with Crippen molar-refractivity contribution < 1.29 is 9.47 Å². The van der Waals surface area contributed by atoms with Gasteiger partial charge in [0.1, 0.15) is 0 Å². The van der Waals surface area contributed by atoms with Crippen molar-refractivity contribution in [1.29, 1.82) is 0 Å². The molecule has 3 nitrogen and oxygen atoms in total. The molecule has 0 saturated carbocycles. The number of nitrogens with zero attached hydrogens (tertiary/aromatic N) is 1. The number of benzene rings is 3. The third kappa shape index (κ3) is 30.1. The lowest BCUT2D eigenvalue weighted by molar-refractivity contribution is 0.117. The normalized spacial score (nSPS) is 12.0. The van der Waals surface area contributed by atoms with Crippen molar-refractivity contribution in [2.75, 3.05) is 67.4 Å². The Hall–Kier alpha value is -1.76. The second-order valence-corrected chi connectivity index (χ2v) is 31.7. The summed E-state index contributed by atoms with van der Waals surface area (Å²) in [5, 5.41) is 0. The first-order chi connectivity index (χ1) is 36.0. The molecule has 5 heteroatoms. The molecule has 3 rings (SSSR count). The SMILES string of the molecule is CCCCCC[P+](CCCCCC)(CCCCCC)CCCCCCOCc1ccc(N(c2ccccc2)c2ccc(COCCCCCC[P+](CCCCCC)(CCCCCC)CCCCCC)cc2)cc1. The first kappa shape index (κ1) is 65.5. The Morgan fingerprint density at radius 1 is 0.274 bits per heavy atom. The predicted molar refractivity (Wildman–Crippen MR) is 335 cm³/mol. The minimum absolute atomic E-state index is 0.682. The molecule has 0 amide bonds. The Labute approximate surface area is 456 Å². The van der Waals surface area contributed by atoms with Gasteiger partial charge in [-0.05, 0) is 163 Å². The second kappa shape index (κ2) is 44.2. The van der Waals surface area contributed by atoms with Gasteiger partial charge in [0.2, 0.25) is 0 Å². The molecule has 73 heavy (non-hydrogen) atoms. The number of unbranched alkanes of at least 4 members (excludes halogenated alkanes) is 24. The highest BCUT2D eigenvalue weighted by atomic mass is 31.2. The van der Waals surface area contributed by atoms with Gasteiger partial charge in [0.05, 0.1) is 62.5 Å². The highest BCUT2D eigenvalue weighted by molar-refractivity contribution is 7.76. The van der Waals surface area contributed by atoms with Crippen molar-refractivity contribution in [2.45, 2.75) is 260 Å². The number of para-hydroxylation sites is 1. The maximum Gasteiger partial charge on any atom is 0.0716 e. The summed E-state index contributed by atoms with van der Waals surface area (Å²) in [4.78, 5) is 2.37. The molecule has 0 N–H and O–H groups in total. The van der Waals surface area contributed by atoms with Crippen molar-refractivity contribution in [3.63, 3.8) is 0 Å². The third-order valence-electron chi connectivity index (χ3n) is 16.2. The Morgan fingerprint density at radius 3 is 0.795 bits per heavy atom. The van der Waals surface area contributed by atoms with Crippen LogP contribution >= 0.6 is 14.5 Å². The molecule has 0 unspecified atom stereocenters. The van der Waals surface area contributed by atoms with Crippen molar-refractivity contribution in [3.05, 3.63) is 90.0 Å². The van der Waals surface area contributed by atoms with Gasteiger partial charge in [0, 0.05) is 44.8 Å². The molecule has 3 aromatic carbocycles. The van der Waals surface area contributed by atoms with E-state index in [1.165, 1.54) is 234 Å². The van der Waals surface area contributed by atoms with Crippen LogP contribution in [-0.2, 0) is 22.7 Å². The Balaban J connectivity index is 1.45. The monoisotopic (exact) mass is 1040 g/mol. The zero-order valence-electron chi connectivity index (χ0n) is 49.3. The van der Waals surface area contributed by atoms with Crippen molar-refractivity contribution >= 4 is 31.6 Å². The van der Waals surface area contributed by atoms with Gasteiger partial charge < -0.3 is 14.4 Å². The van der Waals surface area contributed by atoms with Crippen molar-refractivity contribution in [1.82, 2.24) is 0 Å². The van der Waals surface area contributed by atoms with E-state index in [4.69, 9.17) is 9.47 Å². The highest BCUT2D eigenvalue weighted by Crippen LogP contribution is 2.62. The molecular formula is C68H119NO2P2+2. The molecule has 0 aliphatic heterocycles. The van der Waals surface area contributed by atoms with E-state index in [9.17, 15) is 0 Å². The molecule has 416 valence electrons. The molecule has 3 aromatic rings.